The molecule has 2 rings (SSSR count). The first kappa shape index (κ1) is 15.0. The lowest BCUT2D eigenvalue weighted by atomic mass is 10.1. The summed E-state index contributed by atoms with van der Waals surface area (Å²) in [6.07, 6.45) is 1.70. The highest BCUT2D eigenvalue weighted by molar-refractivity contribution is 6.30. The Kier molecular flexibility index (Phi) is 4.81. The largest absolute Gasteiger partial charge is 0.474 e. The molecule has 110 valence electrons. The molecule has 0 aromatic carbocycles. The van der Waals surface area contributed by atoms with Crippen LogP contribution in [0.1, 0.15) is 31.3 Å². The number of nitrogens with zero attached hydrogens (tertiary/aromatic N) is 3. The Morgan fingerprint density at radius 3 is 2.60 bits per heavy atom. The molecule has 1 aliphatic rings. The predicted octanol–water partition coefficient (Wildman–Crippen LogP) is 2.09. The van der Waals surface area contributed by atoms with E-state index in [-0.39, 0.29) is 12.0 Å². The number of piperidine rings is 1. The van der Waals surface area contributed by atoms with E-state index in [9.17, 15) is 4.79 Å². The molecule has 5 nitrogen and oxygen atoms in total. The molecule has 0 N–H and O–H groups in total. The quantitative estimate of drug-likeness (QED) is 0.802. The zero-order valence-electron chi connectivity index (χ0n) is 12.1. The third-order valence-corrected chi connectivity index (χ3v) is 3.51. The zero-order valence-corrected chi connectivity index (χ0v) is 12.9. The van der Waals surface area contributed by atoms with Crippen molar-refractivity contribution >= 4 is 17.5 Å². The highest BCUT2D eigenvalue weighted by atomic mass is 35.5. The minimum Gasteiger partial charge on any atom is -0.474 e. The summed E-state index contributed by atoms with van der Waals surface area (Å²) >= 11 is 5.82. The van der Waals surface area contributed by atoms with Crippen LogP contribution in [-0.2, 0) is 4.79 Å². The molecule has 20 heavy (non-hydrogen) atoms. The van der Waals surface area contributed by atoms with E-state index < -0.39 is 5.38 Å². The van der Waals surface area contributed by atoms with Gasteiger partial charge in [0.2, 0.25) is 11.8 Å². The Morgan fingerprint density at radius 2 is 2.05 bits per heavy atom. The van der Waals surface area contributed by atoms with Crippen LogP contribution in [0.15, 0.2) is 6.07 Å². The smallest absolute Gasteiger partial charge is 0.240 e. The minimum atomic E-state index is -0.459. The first-order chi connectivity index (χ1) is 9.45. The van der Waals surface area contributed by atoms with Crippen molar-refractivity contribution in [3.05, 3.63) is 17.6 Å². The van der Waals surface area contributed by atoms with E-state index in [1.165, 1.54) is 0 Å². The van der Waals surface area contributed by atoms with Gasteiger partial charge in [-0.1, -0.05) is 0 Å². The summed E-state index contributed by atoms with van der Waals surface area (Å²) < 4.78 is 5.88. The van der Waals surface area contributed by atoms with Crippen LogP contribution in [0.5, 0.6) is 5.88 Å². The summed E-state index contributed by atoms with van der Waals surface area (Å²) in [5.41, 5.74) is 0.899. The predicted molar refractivity (Wildman–Crippen MR) is 77.1 cm³/mol. The minimum absolute atomic E-state index is 0.00107. The van der Waals surface area contributed by atoms with Gasteiger partial charge in [-0.05, 0) is 20.8 Å². The van der Waals surface area contributed by atoms with Crippen LogP contribution in [0, 0.1) is 13.8 Å². The standard InChI is InChI=1S/C14H20ClN3O2/c1-9-8-13(17-11(3)16-9)20-12-4-6-18(7-5-12)14(19)10(2)15/h8,10,12H,4-7H2,1-3H3. The molecular formula is C14H20ClN3O2. The van der Waals surface area contributed by atoms with Crippen molar-refractivity contribution in [1.82, 2.24) is 14.9 Å². The van der Waals surface area contributed by atoms with E-state index in [1.54, 1.807) is 11.8 Å². The first-order valence-corrected chi connectivity index (χ1v) is 7.31. The lowest BCUT2D eigenvalue weighted by molar-refractivity contribution is -0.132. The Labute approximate surface area is 124 Å². The van der Waals surface area contributed by atoms with E-state index >= 15 is 0 Å². The number of amides is 1. The highest BCUT2D eigenvalue weighted by Gasteiger charge is 2.26. The summed E-state index contributed by atoms with van der Waals surface area (Å²) in [5, 5.41) is -0.459. The van der Waals surface area contributed by atoms with Gasteiger partial charge in [0, 0.05) is 37.7 Å². The van der Waals surface area contributed by atoms with E-state index in [0.717, 1.165) is 18.5 Å². The second-order valence-electron chi connectivity index (χ2n) is 5.15. The fourth-order valence-electron chi connectivity index (χ4n) is 2.36. The molecule has 1 saturated heterocycles. The number of hydrogen-bond acceptors (Lipinski definition) is 4. The number of halogens is 1. The summed E-state index contributed by atoms with van der Waals surface area (Å²) in [6, 6.07) is 1.84. The maximum absolute atomic E-state index is 11.8. The van der Waals surface area contributed by atoms with E-state index in [1.807, 2.05) is 19.9 Å². The van der Waals surface area contributed by atoms with Crippen molar-refractivity contribution in [3.8, 4) is 5.88 Å². The Hall–Kier alpha value is -1.36. The van der Waals surface area contributed by atoms with Gasteiger partial charge >= 0.3 is 0 Å². The summed E-state index contributed by atoms with van der Waals surface area (Å²) in [4.78, 5) is 22.1. The fourth-order valence-corrected chi connectivity index (χ4v) is 2.50. The van der Waals surface area contributed by atoms with Crippen molar-refractivity contribution in [2.75, 3.05) is 13.1 Å². The lowest BCUT2D eigenvalue weighted by Crippen LogP contribution is -2.44. The lowest BCUT2D eigenvalue weighted by Gasteiger charge is -2.32. The molecule has 1 aliphatic heterocycles. The van der Waals surface area contributed by atoms with E-state index in [4.69, 9.17) is 16.3 Å². The topological polar surface area (TPSA) is 55.3 Å². The van der Waals surface area contributed by atoms with Crippen molar-refractivity contribution in [2.45, 2.75) is 45.1 Å². The summed E-state index contributed by atoms with van der Waals surface area (Å²) in [5.74, 6) is 1.33. The molecule has 0 radical (unpaired) electrons. The van der Waals surface area contributed by atoms with Gasteiger partial charge in [0.05, 0.1) is 0 Å². The average Bonchev–Trinajstić information content (AvgIpc) is 2.37. The maximum Gasteiger partial charge on any atom is 0.240 e. The van der Waals surface area contributed by atoms with Gasteiger partial charge in [-0.15, -0.1) is 11.6 Å². The Morgan fingerprint density at radius 1 is 1.40 bits per heavy atom. The van der Waals surface area contributed by atoms with Crippen LogP contribution >= 0.6 is 11.6 Å². The van der Waals surface area contributed by atoms with Gasteiger partial charge < -0.3 is 9.64 Å². The van der Waals surface area contributed by atoms with Crippen LogP contribution < -0.4 is 4.74 Å². The third-order valence-electron chi connectivity index (χ3n) is 3.32. The second-order valence-corrected chi connectivity index (χ2v) is 5.81. The normalized spacial score (nSPS) is 17.9. The molecule has 6 heteroatoms. The number of aryl methyl sites for hydroxylation is 2. The van der Waals surface area contributed by atoms with Gasteiger partial charge in [-0.3, -0.25) is 4.79 Å². The molecule has 0 saturated carbocycles. The molecule has 0 spiro atoms. The van der Waals surface area contributed by atoms with Gasteiger partial charge in [-0.2, -0.15) is 4.98 Å². The molecule has 1 fully saturated rings. The fraction of sp³-hybridized carbons (Fsp3) is 0.643. The Balaban J connectivity index is 1.90. The summed E-state index contributed by atoms with van der Waals surface area (Å²) in [7, 11) is 0. The van der Waals surface area contributed by atoms with Crippen LogP contribution in [0.2, 0.25) is 0 Å². The van der Waals surface area contributed by atoms with Crippen LogP contribution in [0.25, 0.3) is 0 Å². The van der Waals surface area contributed by atoms with Crippen molar-refractivity contribution < 1.29 is 9.53 Å². The molecule has 1 aromatic heterocycles. The first-order valence-electron chi connectivity index (χ1n) is 6.87. The molecule has 2 heterocycles. The number of ether oxygens (including phenoxy) is 1. The zero-order chi connectivity index (χ0) is 14.7. The van der Waals surface area contributed by atoms with Gasteiger partial charge in [0.15, 0.2) is 0 Å². The molecule has 0 bridgehead atoms. The molecule has 1 aromatic rings. The van der Waals surface area contributed by atoms with Crippen LogP contribution in [0.3, 0.4) is 0 Å². The number of carbonyl (C=O) groups is 1. The van der Waals surface area contributed by atoms with E-state index in [0.29, 0.717) is 24.8 Å². The molecule has 1 amide bonds. The van der Waals surface area contributed by atoms with Crippen LogP contribution in [-0.4, -0.2) is 45.3 Å². The highest BCUT2D eigenvalue weighted by Crippen LogP contribution is 2.19. The number of hydrogen-bond donors (Lipinski definition) is 0. The second kappa shape index (κ2) is 6.39. The number of likely N-dealkylation sites (tertiary alicyclic amines) is 1. The van der Waals surface area contributed by atoms with Crippen molar-refractivity contribution in [3.63, 3.8) is 0 Å². The van der Waals surface area contributed by atoms with Crippen molar-refractivity contribution in [2.24, 2.45) is 0 Å². The van der Waals surface area contributed by atoms with Gasteiger partial charge in [-0.25, -0.2) is 4.98 Å². The summed E-state index contributed by atoms with van der Waals surface area (Å²) in [6.45, 7) is 6.85. The molecular weight excluding hydrogens is 278 g/mol. The molecule has 1 unspecified atom stereocenters. The molecule has 0 aliphatic carbocycles. The number of rotatable bonds is 3. The number of aromatic nitrogens is 2. The average molecular weight is 298 g/mol. The van der Waals surface area contributed by atoms with E-state index in [2.05, 4.69) is 9.97 Å². The maximum atomic E-state index is 11.8. The number of carbonyl (C=O) groups excluding carboxylic acids is 1. The monoisotopic (exact) mass is 297 g/mol. The van der Waals surface area contributed by atoms with Gasteiger partial charge in [0.1, 0.15) is 17.3 Å². The molecule has 1 atom stereocenters. The number of alkyl halides is 1. The van der Waals surface area contributed by atoms with Crippen LogP contribution in [0.4, 0.5) is 0 Å². The SMILES string of the molecule is Cc1cc(OC2CCN(C(=O)C(C)Cl)CC2)nc(C)n1. The third kappa shape index (κ3) is 3.82. The van der Waals surface area contributed by atoms with Crippen molar-refractivity contribution in [1.29, 1.82) is 0 Å². The van der Waals surface area contributed by atoms with Gasteiger partial charge in [0.25, 0.3) is 0 Å². The Bertz CT molecular complexity index is 465.